The minimum absolute atomic E-state index is 0.254. The number of nitrogens with one attached hydrogen (secondary N) is 1. The molecule has 1 atom stereocenters. The third-order valence-electron chi connectivity index (χ3n) is 3.28. The van der Waals surface area contributed by atoms with Crippen molar-refractivity contribution in [1.82, 2.24) is 5.32 Å². The summed E-state index contributed by atoms with van der Waals surface area (Å²) in [5.74, 6) is -2.02. The van der Waals surface area contributed by atoms with Gasteiger partial charge in [-0.1, -0.05) is 6.07 Å². The number of carbonyl (C=O) groups is 2. The second-order valence-corrected chi connectivity index (χ2v) is 8.73. The van der Waals surface area contributed by atoms with E-state index in [0.717, 1.165) is 12.1 Å². The third-order valence-corrected chi connectivity index (χ3v) is 4.85. The van der Waals surface area contributed by atoms with Crippen LogP contribution in [-0.2, 0) is 25.5 Å². The molecule has 1 aliphatic rings. The van der Waals surface area contributed by atoms with Crippen molar-refractivity contribution in [2.45, 2.75) is 37.9 Å². The van der Waals surface area contributed by atoms with Gasteiger partial charge in [0.15, 0.2) is 0 Å². The number of hydrogen-bond acceptors (Lipinski definition) is 5. The highest BCUT2D eigenvalue weighted by Crippen LogP contribution is 2.33. The molecule has 7 nitrogen and oxygen atoms in total. The van der Waals surface area contributed by atoms with Crippen molar-refractivity contribution in [2.24, 2.45) is 0 Å². The Balaban J connectivity index is 2.27. The lowest BCUT2D eigenvalue weighted by Crippen LogP contribution is -2.44. The number of anilines is 1. The van der Waals surface area contributed by atoms with E-state index in [1.54, 1.807) is 20.8 Å². The fraction of sp³-hybridized carbons (Fsp3) is 0.467. The number of rotatable bonds is 2. The van der Waals surface area contributed by atoms with Crippen LogP contribution >= 0.6 is 0 Å². The molecule has 144 valence electrons. The molecule has 1 fully saturated rings. The first-order valence-electron chi connectivity index (χ1n) is 7.40. The standard InChI is InChI=1S/C15H17F3N2O5S/c1-14(2,3)19-13(22)25-12-11(21)20(8-26(12,23)24)10-6-4-5-9(7-10)15(16,17)18/h4-7,12H,8H2,1-3H3,(H,19,22). The molecule has 0 aliphatic carbocycles. The van der Waals surface area contributed by atoms with Crippen LogP contribution in [0, 0.1) is 0 Å². The van der Waals surface area contributed by atoms with Crippen LogP contribution in [0.15, 0.2) is 24.3 Å². The molecule has 26 heavy (non-hydrogen) atoms. The predicted molar refractivity (Wildman–Crippen MR) is 85.9 cm³/mol. The summed E-state index contributed by atoms with van der Waals surface area (Å²) in [5, 5.41) is 2.34. The summed E-state index contributed by atoms with van der Waals surface area (Å²) in [4.78, 5) is 24.7. The summed E-state index contributed by atoms with van der Waals surface area (Å²) in [7, 11) is -4.22. The second-order valence-electron chi connectivity index (χ2n) is 6.72. The molecule has 0 bridgehead atoms. The van der Waals surface area contributed by atoms with E-state index in [1.165, 1.54) is 6.07 Å². The molecule has 11 heteroatoms. The van der Waals surface area contributed by atoms with E-state index in [0.29, 0.717) is 11.0 Å². The highest BCUT2D eigenvalue weighted by atomic mass is 32.2. The molecule has 2 rings (SSSR count). The molecule has 0 aromatic heterocycles. The van der Waals surface area contributed by atoms with Crippen LogP contribution in [0.3, 0.4) is 0 Å². The lowest BCUT2D eigenvalue weighted by molar-refractivity contribution is -0.137. The molecule has 2 amide bonds. The number of halogens is 3. The third kappa shape index (κ3) is 4.45. The monoisotopic (exact) mass is 394 g/mol. The Labute approximate surface area is 148 Å². The molecule has 1 N–H and O–H groups in total. The van der Waals surface area contributed by atoms with Crippen LogP contribution in [0.1, 0.15) is 26.3 Å². The molecule has 1 unspecified atom stereocenters. The zero-order valence-electron chi connectivity index (χ0n) is 14.1. The Bertz CT molecular complexity index is 830. The van der Waals surface area contributed by atoms with Gasteiger partial charge in [0.25, 0.3) is 11.3 Å². The van der Waals surface area contributed by atoms with Gasteiger partial charge in [0.2, 0.25) is 9.84 Å². The molecule has 1 heterocycles. The van der Waals surface area contributed by atoms with Crippen molar-refractivity contribution in [3.8, 4) is 0 Å². The number of sulfone groups is 1. The summed E-state index contributed by atoms with van der Waals surface area (Å²) in [6.07, 6.45) is -5.77. The lowest BCUT2D eigenvalue weighted by Gasteiger charge is -2.21. The molecule has 1 saturated heterocycles. The number of amides is 2. The second kappa shape index (κ2) is 6.45. The largest absolute Gasteiger partial charge is 0.419 e. The maximum Gasteiger partial charge on any atom is 0.416 e. The Kier molecular flexibility index (Phi) is 4.97. The summed E-state index contributed by atoms with van der Waals surface area (Å²) >= 11 is 0. The normalized spacial score (nSPS) is 20.2. The van der Waals surface area contributed by atoms with Gasteiger partial charge in [-0.25, -0.2) is 13.2 Å². The topological polar surface area (TPSA) is 92.8 Å². The quantitative estimate of drug-likeness (QED) is 0.831. The van der Waals surface area contributed by atoms with Crippen LogP contribution in [0.5, 0.6) is 0 Å². The first kappa shape index (κ1) is 20.0. The van der Waals surface area contributed by atoms with Gasteiger partial charge in [0.1, 0.15) is 5.88 Å². The van der Waals surface area contributed by atoms with Crippen molar-refractivity contribution in [3.05, 3.63) is 29.8 Å². The Morgan fingerprint density at radius 1 is 1.27 bits per heavy atom. The minimum atomic E-state index is -4.65. The van der Waals surface area contributed by atoms with E-state index in [1.807, 2.05) is 0 Å². The van der Waals surface area contributed by atoms with Crippen molar-refractivity contribution in [2.75, 3.05) is 10.8 Å². The fourth-order valence-corrected chi connectivity index (χ4v) is 3.64. The smallest absolute Gasteiger partial charge is 0.416 e. The predicted octanol–water partition coefficient (Wildman–Crippen LogP) is 2.28. The summed E-state index contributed by atoms with van der Waals surface area (Å²) < 4.78 is 67.4. The van der Waals surface area contributed by atoms with E-state index in [2.05, 4.69) is 5.32 Å². The van der Waals surface area contributed by atoms with Gasteiger partial charge in [0.05, 0.1) is 5.56 Å². The summed E-state index contributed by atoms with van der Waals surface area (Å²) in [6, 6.07) is 3.67. The number of hydrogen-bond donors (Lipinski definition) is 1. The fourth-order valence-electron chi connectivity index (χ4n) is 2.20. The lowest BCUT2D eigenvalue weighted by atomic mass is 10.1. The van der Waals surface area contributed by atoms with Gasteiger partial charge >= 0.3 is 12.3 Å². The van der Waals surface area contributed by atoms with E-state index >= 15 is 0 Å². The molecule has 1 aromatic carbocycles. The molecular weight excluding hydrogens is 377 g/mol. The molecule has 0 saturated carbocycles. The minimum Gasteiger partial charge on any atom is -0.419 e. The van der Waals surface area contributed by atoms with Gasteiger partial charge in [-0.05, 0) is 39.0 Å². The first-order chi connectivity index (χ1) is 11.7. The molecule has 0 radical (unpaired) electrons. The van der Waals surface area contributed by atoms with E-state index in [4.69, 9.17) is 4.74 Å². The van der Waals surface area contributed by atoms with Crippen molar-refractivity contribution in [1.29, 1.82) is 0 Å². The molecule has 0 spiro atoms. The first-order valence-corrected chi connectivity index (χ1v) is 9.11. The van der Waals surface area contributed by atoms with Crippen molar-refractivity contribution in [3.63, 3.8) is 0 Å². The van der Waals surface area contributed by atoms with Gasteiger partial charge in [-0.2, -0.15) is 13.2 Å². The Morgan fingerprint density at radius 3 is 2.42 bits per heavy atom. The Hall–Kier alpha value is -2.30. The number of nitrogens with zero attached hydrogens (tertiary/aromatic N) is 1. The average Bonchev–Trinajstić information content (AvgIpc) is 2.68. The highest BCUT2D eigenvalue weighted by Gasteiger charge is 2.48. The molecule has 1 aliphatic heterocycles. The van der Waals surface area contributed by atoms with E-state index in [-0.39, 0.29) is 5.69 Å². The number of alkyl halides is 3. The van der Waals surface area contributed by atoms with Crippen LogP contribution in [0.4, 0.5) is 23.7 Å². The number of carbonyl (C=O) groups excluding carboxylic acids is 2. The zero-order valence-corrected chi connectivity index (χ0v) is 14.9. The van der Waals surface area contributed by atoms with Crippen LogP contribution in [0.25, 0.3) is 0 Å². The van der Waals surface area contributed by atoms with Gasteiger partial charge in [-0.15, -0.1) is 0 Å². The van der Waals surface area contributed by atoms with E-state index < -0.39 is 50.4 Å². The van der Waals surface area contributed by atoms with Crippen LogP contribution < -0.4 is 10.2 Å². The molecular formula is C15H17F3N2O5S. The number of benzene rings is 1. The van der Waals surface area contributed by atoms with Crippen molar-refractivity contribution >= 4 is 27.5 Å². The highest BCUT2D eigenvalue weighted by molar-refractivity contribution is 7.93. The Morgan fingerprint density at radius 2 is 1.88 bits per heavy atom. The van der Waals surface area contributed by atoms with Crippen molar-refractivity contribution < 1.29 is 35.9 Å². The number of alkyl carbamates (subject to hydrolysis) is 1. The maximum atomic E-state index is 12.8. The molecule has 1 aromatic rings. The zero-order chi connectivity index (χ0) is 19.9. The van der Waals surface area contributed by atoms with Gasteiger partial charge < -0.3 is 10.1 Å². The maximum absolute atomic E-state index is 12.8. The van der Waals surface area contributed by atoms with Crippen LogP contribution in [-0.4, -0.2) is 37.3 Å². The average molecular weight is 394 g/mol. The number of ether oxygens (including phenoxy) is 1. The van der Waals surface area contributed by atoms with Gasteiger partial charge in [0, 0.05) is 11.2 Å². The van der Waals surface area contributed by atoms with Gasteiger partial charge in [-0.3, -0.25) is 9.69 Å². The summed E-state index contributed by atoms with van der Waals surface area (Å²) in [5.41, 5.74) is -4.13. The SMILES string of the molecule is CC(C)(C)NC(=O)OC1C(=O)N(c2cccc(C(F)(F)F)c2)CS1(=O)=O. The van der Waals surface area contributed by atoms with E-state index in [9.17, 15) is 31.2 Å². The summed E-state index contributed by atoms with van der Waals surface area (Å²) in [6.45, 7) is 4.86. The van der Waals surface area contributed by atoms with Crippen LogP contribution in [0.2, 0.25) is 0 Å².